The van der Waals surface area contributed by atoms with Gasteiger partial charge in [0, 0.05) is 31.1 Å². The lowest BCUT2D eigenvalue weighted by molar-refractivity contribution is -0.137. The Morgan fingerprint density at radius 1 is 1.25 bits per heavy atom. The Hall–Kier alpha value is -1.55. The van der Waals surface area contributed by atoms with E-state index in [9.17, 15) is 4.79 Å². The van der Waals surface area contributed by atoms with E-state index in [4.69, 9.17) is 10.5 Å². The maximum Gasteiger partial charge on any atom is 0.225 e. The first kappa shape index (κ1) is 17.3. The Kier molecular flexibility index (Phi) is 5.44. The van der Waals surface area contributed by atoms with Gasteiger partial charge in [0.15, 0.2) is 0 Å². The van der Waals surface area contributed by atoms with Crippen LogP contribution in [0.4, 0.5) is 0 Å². The number of fused-ring (bicyclic) bond motifs is 2. The first-order chi connectivity index (χ1) is 11.6. The van der Waals surface area contributed by atoms with E-state index in [1.807, 2.05) is 43.1 Å². The topological polar surface area (TPSA) is 55.6 Å². The van der Waals surface area contributed by atoms with Crippen LogP contribution in [-0.4, -0.2) is 30.5 Å². The molecule has 4 nitrogen and oxygen atoms in total. The molecule has 1 amide bonds. The van der Waals surface area contributed by atoms with E-state index in [-0.39, 0.29) is 11.8 Å². The minimum atomic E-state index is 0.143. The molecule has 2 aliphatic rings. The molecule has 3 rings (SSSR count). The molecule has 2 unspecified atom stereocenters. The average Bonchev–Trinajstić information content (AvgIpc) is 2.56. The summed E-state index contributed by atoms with van der Waals surface area (Å²) in [4.78, 5) is 14.8. The molecule has 2 fully saturated rings. The SMILES string of the molecule is CCOc1ccccc1CN(C)C(=O)C1CC2CCCC(C1)C2N. The summed E-state index contributed by atoms with van der Waals surface area (Å²) in [6.45, 7) is 3.22. The molecule has 0 radical (unpaired) electrons. The summed E-state index contributed by atoms with van der Waals surface area (Å²) in [6, 6.07) is 8.30. The van der Waals surface area contributed by atoms with Crippen LogP contribution in [0, 0.1) is 17.8 Å². The molecule has 0 aromatic heterocycles. The van der Waals surface area contributed by atoms with Crippen LogP contribution in [0.5, 0.6) is 5.75 Å². The number of rotatable bonds is 5. The Bertz CT molecular complexity index is 561. The Morgan fingerprint density at radius 3 is 2.58 bits per heavy atom. The highest BCUT2D eigenvalue weighted by Gasteiger charge is 2.41. The zero-order valence-corrected chi connectivity index (χ0v) is 14.9. The van der Waals surface area contributed by atoms with Crippen molar-refractivity contribution in [2.75, 3.05) is 13.7 Å². The number of benzene rings is 1. The fourth-order valence-corrected chi connectivity index (χ4v) is 4.57. The number of para-hydroxylation sites is 1. The van der Waals surface area contributed by atoms with Crippen LogP contribution in [0.1, 0.15) is 44.6 Å². The summed E-state index contributed by atoms with van der Waals surface area (Å²) in [7, 11) is 1.91. The van der Waals surface area contributed by atoms with Crippen molar-refractivity contribution in [1.82, 2.24) is 4.90 Å². The van der Waals surface area contributed by atoms with E-state index in [0.717, 1.165) is 24.2 Å². The molecule has 0 spiro atoms. The van der Waals surface area contributed by atoms with Gasteiger partial charge in [-0.2, -0.15) is 0 Å². The van der Waals surface area contributed by atoms with Crippen molar-refractivity contribution >= 4 is 5.91 Å². The van der Waals surface area contributed by atoms with E-state index >= 15 is 0 Å². The standard InChI is InChI=1S/C20H30N2O2/c1-3-24-18-10-5-4-7-16(18)13-22(2)20(23)17-11-14-8-6-9-15(12-17)19(14)21/h4-5,7,10,14-15,17,19H,3,6,8-9,11-13,21H2,1-2H3. The summed E-state index contributed by atoms with van der Waals surface area (Å²) in [6.07, 6.45) is 5.60. The minimum Gasteiger partial charge on any atom is -0.494 e. The molecule has 0 heterocycles. The van der Waals surface area contributed by atoms with Crippen LogP contribution < -0.4 is 10.5 Å². The van der Waals surface area contributed by atoms with Crippen molar-refractivity contribution < 1.29 is 9.53 Å². The monoisotopic (exact) mass is 330 g/mol. The molecule has 132 valence electrons. The smallest absolute Gasteiger partial charge is 0.225 e. The van der Waals surface area contributed by atoms with Gasteiger partial charge < -0.3 is 15.4 Å². The third-order valence-electron chi connectivity index (χ3n) is 5.82. The zero-order valence-electron chi connectivity index (χ0n) is 14.9. The molecule has 2 saturated carbocycles. The highest BCUT2D eigenvalue weighted by Crippen LogP contribution is 2.42. The van der Waals surface area contributed by atoms with Crippen molar-refractivity contribution in [2.24, 2.45) is 23.5 Å². The highest BCUT2D eigenvalue weighted by atomic mass is 16.5. The number of carbonyl (C=O) groups is 1. The fourth-order valence-electron chi connectivity index (χ4n) is 4.57. The summed E-state index contributed by atoms with van der Waals surface area (Å²) >= 11 is 0. The van der Waals surface area contributed by atoms with E-state index in [2.05, 4.69) is 0 Å². The summed E-state index contributed by atoms with van der Waals surface area (Å²) in [5, 5.41) is 0. The van der Waals surface area contributed by atoms with Crippen molar-refractivity contribution in [1.29, 1.82) is 0 Å². The second-order valence-electron chi connectivity index (χ2n) is 7.43. The van der Waals surface area contributed by atoms with Crippen LogP contribution in [0.2, 0.25) is 0 Å². The normalized spacial score (nSPS) is 29.1. The minimum absolute atomic E-state index is 0.143. The second-order valence-corrected chi connectivity index (χ2v) is 7.43. The molecule has 2 N–H and O–H groups in total. The lowest BCUT2D eigenvalue weighted by Crippen LogP contribution is -2.49. The Labute approximate surface area is 145 Å². The van der Waals surface area contributed by atoms with Gasteiger partial charge in [0.2, 0.25) is 5.91 Å². The summed E-state index contributed by atoms with van der Waals surface area (Å²) in [5.41, 5.74) is 7.43. The number of ether oxygens (including phenoxy) is 1. The molecule has 0 aliphatic heterocycles. The average molecular weight is 330 g/mol. The molecule has 2 bridgehead atoms. The number of amides is 1. The first-order valence-corrected chi connectivity index (χ1v) is 9.31. The van der Waals surface area contributed by atoms with Crippen LogP contribution in [-0.2, 0) is 11.3 Å². The van der Waals surface area contributed by atoms with Gasteiger partial charge in [0.1, 0.15) is 5.75 Å². The van der Waals surface area contributed by atoms with Crippen molar-refractivity contribution in [3.05, 3.63) is 29.8 Å². The molecular formula is C20H30N2O2. The number of nitrogens with zero attached hydrogens (tertiary/aromatic N) is 1. The van der Waals surface area contributed by atoms with Gasteiger partial charge in [0.25, 0.3) is 0 Å². The number of nitrogens with two attached hydrogens (primary N) is 1. The Balaban J connectivity index is 1.65. The van der Waals surface area contributed by atoms with E-state index in [1.54, 1.807) is 0 Å². The first-order valence-electron chi connectivity index (χ1n) is 9.31. The molecule has 2 atom stereocenters. The lowest BCUT2D eigenvalue weighted by atomic mass is 9.65. The predicted octanol–water partition coefficient (Wildman–Crippen LogP) is 3.20. The van der Waals surface area contributed by atoms with Gasteiger partial charge in [-0.1, -0.05) is 24.6 Å². The molecule has 4 heteroatoms. The van der Waals surface area contributed by atoms with Gasteiger partial charge in [-0.3, -0.25) is 4.79 Å². The third-order valence-corrected chi connectivity index (χ3v) is 5.82. The molecule has 0 saturated heterocycles. The van der Waals surface area contributed by atoms with Gasteiger partial charge in [-0.05, 0) is 50.5 Å². The third kappa shape index (κ3) is 3.59. The van der Waals surface area contributed by atoms with Crippen LogP contribution in [0.3, 0.4) is 0 Å². The molecular weight excluding hydrogens is 300 g/mol. The second kappa shape index (κ2) is 7.56. The fraction of sp³-hybridized carbons (Fsp3) is 0.650. The van der Waals surface area contributed by atoms with Crippen LogP contribution in [0.25, 0.3) is 0 Å². The quantitative estimate of drug-likeness (QED) is 0.902. The Morgan fingerprint density at radius 2 is 1.92 bits per heavy atom. The van der Waals surface area contributed by atoms with Gasteiger partial charge >= 0.3 is 0 Å². The van der Waals surface area contributed by atoms with Gasteiger partial charge in [-0.15, -0.1) is 0 Å². The van der Waals surface area contributed by atoms with Crippen molar-refractivity contribution in [3.8, 4) is 5.75 Å². The van der Waals surface area contributed by atoms with E-state index in [0.29, 0.717) is 31.0 Å². The molecule has 1 aromatic rings. The zero-order chi connectivity index (χ0) is 17.1. The summed E-state index contributed by atoms with van der Waals surface area (Å²) in [5.74, 6) is 2.36. The highest BCUT2D eigenvalue weighted by molar-refractivity contribution is 5.78. The maximum atomic E-state index is 13.0. The largest absolute Gasteiger partial charge is 0.494 e. The summed E-state index contributed by atoms with van der Waals surface area (Å²) < 4.78 is 5.68. The molecule has 1 aromatic carbocycles. The van der Waals surface area contributed by atoms with Gasteiger partial charge in [-0.25, -0.2) is 0 Å². The number of carbonyl (C=O) groups excluding carboxylic acids is 1. The number of hydrogen-bond donors (Lipinski definition) is 1. The van der Waals surface area contributed by atoms with Crippen molar-refractivity contribution in [3.63, 3.8) is 0 Å². The van der Waals surface area contributed by atoms with E-state index < -0.39 is 0 Å². The molecule has 24 heavy (non-hydrogen) atoms. The maximum absolute atomic E-state index is 13.0. The lowest BCUT2D eigenvalue weighted by Gasteiger charge is -2.44. The van der Waals surface area contributed by atoms with Crippen LogP contribution >= 0.6 is 0 Å². The van der Waals surface area contributed by atoms with Gasteiger partial charge in [0.05, 0.1) is 6.61 Å². The van der Waals surface area contributed by atoms with Crippen LogP contribution in [0.15, 0.2) is 24.3 Å². The predicted molar refractivity (Wildman–Crippen MR) is 95.6 cm³/mol. The number of hydrogen-bond acceptors (Lipinski definition) is 3. The molecule has 2 aliphatic carbocycles. The van der Waals surface area contributed by atoms with E-state index in [1.165, 1.54) is 19.3 Å². The van der Waals surface area contributed by atoms with Crippen molar-refractivity contribution in [2.45, 2.75) is 51.6 Å².